The van der Waals surface area contributed by atoms with E-state index in [9.17, 15) is 58.2 Å². The first-order valence-corrected chi connectivity index (χ1v) is 17.0. The van der Waals surface area contributed by atoms with Gasteiger partial charge in [0, 0.05) is 17.9 Å². The average Bonchev–Trinajstić information content (AvgIpc) is 3.07. The van der Waals surface area contributed by atoms with Crippen LogP contribution in [0.15, 0.2) is 0 Å². The van der Waals surface area contributed by atoms with E-state index in [0.29, 0.717) is 6.42 Å². The lowest BCUT2D eigenvalue weighted by Crippen LogP contribution is -2.61. The summed E-state index contributed by atoms with van der Waals surface area (Å²) in [6.45, 7) is 2.16. The molecule has 0 saturated carbocycles. The Bertz CT molecular complexity index is 1340. The Labute approximate surface area is 309 Å². The molecule has 0 aromatic heterocycles. The third-order valence-corrected chi connectivity index (χ3v) is 8.09. The van der Waals surface area contributed by atoms with Crippen LogP contribution in [0.2, 0.25) is 0 Å². The number of nitrogens with one attached hydrogen (secondary N) is 6. The molecule has 0 aromatic carbocycles. The maximum atomic E-state index is 13.4. The molecule has 16 N–H and O–H groups in total. The van der Waals surface area contributed by atoms with Crippen molar-refractivity contribution in [3.63, 3.8) is 0 Å². The van der Waals surface area contributed by atoms with Crippen molar-refractivity contribution in [2.45, 2.75) is 88.2 Å². The van der Waals surface area contributed by atoms with Crippen LogP contribution in [-0.2, 0) is 47.9 Å². The second-order valence-corrected chi connectivity index (χ2v) is 12.2. The van der Waals surface area contributed by atoms with E-state index >= 15 is 0 Å². The first-order chi connectivity index (χ1) is 24.2. The van der Waals surface area contributed by atoms with Gasteiger partial charge in [-0.05, 0) is 12.3 Å². The number of hydrogen-bond acceptors (Lipinski definition) is 14. The first kappa shape index (κ1) is 47.3. The molecule has 9 amide bonds. The molecule has 52 heavy (non-hydrogen) atoms. The van der Waals surface area contributed by atoms with Crippen LogP contribution < -0.4 is 54.8 Å². The second-order valence-electron chi connectivity index (χ2n) is 11.5. The van der Waals surface area contributed by atoms with Crippen LogP contribution >= 0.6 is 25.3 Å². The highest BCUT2D eigenvalue weighted by Gasteiger charge is 2.35. The van der Waals surface area contributed by atoms with E-state index in [4.69, 9.17) is 22.9 Å². The summed E-state index contributed by atoms with van der Waals surface area (Å²) in [7, 11) is 0. The predicted molar refractivity (Wildman–Crippen MR) is 187 cm³/mol. The standard InChI is InChI=1S/C28H48N10O12S2/c1-3-11(2)21(27(48)37-17(10-52)28(49)50)38-23(44)13(4-5-18(30)40)33-24(45)15(7-20(32)42)35-26(47)16(8-39)36-25(46)14(6-19(31)41)34-22(43)12(29)9-51/h11-17,21,39,51-52H,3-10,29H2,1-2H3,(H2,30,40)(H2,31,41)(H2,32,42)(H,33,45)(H,34,43)(H,35,47)(H,36,46)(H,37,48)(H,38,44)(H,49,50)/t11-,12-,13-,14-,15-,16-,17-,21-/m0/s1. The highest BCUT2D eigenvalue weighted by atomic mass is 32.1. The van der Waals surface area contributed by atoms with Crippen LogP contribution in [0.4, 0.5) is 0 Å². The van der Waals surface area contributed by atoms with Gasteiger partial charge in [0.25, 0.3) is 0 Å². The highest BCUT2D eigenvalue weighted by molar-refractivity contribution is 7.80. The fourth-order valence-corrected chi connectivity index (χ4v) is 4.57. The SMILES string of the molecule is CC[C@H](C)[C@H](NC(=O)[C@H](CCC(N)=O)NC(=O)[C@H](CC(N)=O)NC(=O)[C@H](CO)NC(=O)[C@H](CC(N)=O)NC(=O)[C@@H](N)CS)C(=O)N[C@@H](CS)C(=O)O. The molecule has 0 aliphatic rings. The smallest absolute Gasteiger partial charge is 0.327 e. The number of nitrogens with two attached hydrogens (primary N) is 4. The minimum absolute atomic E-state index is 0.135. The number of aliphatic carboxylic acids is 1. The molecule has 294 valence electrons. The summed E-state index contributed by atoms with van der Waals surface area (Å²) in [5, 5.41) is 32.4. The predicted octanol–water partition coefficient (Wildman–Crippen LogP) is -6.78. The molecular formula is C28H48N10O12S2. The number of amides is 9. The molecule has 0 aromatic rings. The Morgan fingerprint density at radius 3 is 1.42 bits per heavy atom. The van der Waals surface area contributed by atoms with Gasteiger partial charge in [-0.15, -0.1) is 0 Å². The molecule has 8 atom stereocenters. The van der Waals surface area contributed by atoms with Crippen molar-refractivity contribution in [3.8, 4) is 0 Å². The van der Waals surface area contributed by atoms with Crippen molar-refractivity contribution in [2.24, 2.45) is 28.9 Å². The first-order valence-electron chi connectivity index (χ1n) is 15.7. The molecule has 0 spiro atoms. The zero-order valence-corrected chi connectivity index (χ0v) is 30.2. The van der Waals surface area contributed by atoms with Gasteiger partial charge in [-0.25, -0.2) is 4.79 Å². The van der Waals surface area contributed by atoms with Crippen LogP contribution in [0.1, 0.15) is 46.0 Å². The number of aliphatic hydroxyl groups is 1. The van der Waals surface area contributed by atoms with E-state index in [1.807, 2.05) is 0 Å². The molecular weight excluding hydrogens is 733 g/mol. The molecule has 0 unspecified atom stereocenters. The molecule has 0 aliphatic carbocycles. The van der Waals surface area contributed by atoms with E-state index < -0.39 is 140 Å². The molecule has 0 bridgehead atoms. The third kappa shape index (κ3) is 17.0. The molecule has 24 heteroatoms. The molecule has 0 fully saturated rings. The molecule has 0 aliphatic heterocycles. The minimum atomic E-state index is -1.85. The van der Waals surface area contributed by atoms with E-state index in [1.165, 1.54) is 0 Å². The average molecular weight is 781 g/mol. The zero-order valence-electron chi connectivity index (χ0n) is 28.5. The minimum Gasteiger partial charge on any atom is -0.480 e. The van der Waals surface area contributed by atoms with Gasteiger partial charge >= 0.3 is 5.97 Å². The van der Waals surface area contributed by atoms with Gasteiger partial charge in [-0.2, -0.15) is 25.3 Å². The summed E-state index contributed by atoms with van der Waals surface area (Å²) >= 11 is 7.76. The maximum absolute atomic E-state index is 13.4. The van der Waals surface area contributed by atoms with Crippen LogP contribution in [0, 0.1) is 5.92 Å². The lowest BCUT2D eigenvalue weighted by molar-refractivity contribution is -0.142. The Morgan fingerprint density at radius 1 is 0.596 bits per heavy atom. The summed E-state index contributed by atoms with van der Waals surface area (Å²) in [6.07, 6.45) is -2.20. The normalized spacial score (nSPS) is 15.4. The molecule has 0 rings (SSSR count). The lowest BCUT2D eigenvalue weighted by atomic mass is 9.97. The van der Waals surface area contributed by atoms with Crippen LogP contribution in [0.5, 0.6) is 0 Å². The van der Waals surface area contributed by atoms with Crippen molar-refractivity contribution in [1.82, 2.24) is 31.9 Å². The fourth-order valence-electron chi connectivity index (χ4n) is 4.15. The summed E-state index contributed by atoms with van der Waals surface area (Å²) < 4.78 is 0. The number of hydrogen-bond donors (Lipinski definition) is 14. The topological polar surface area (TPSA) is 387 Å². The van der Waals surface area contributed by atoms with Crippen LogP contribution in [0.25, 0.3) is 0 Å². The highest BCUT2D eigenvalue weighted by Crippen LogP contribution is 2.11. The van der Waals surface area contributed by atoms with E-state index in [2.05, 4.69) is 57.2 Å². The largest absolute Gasteiger partial charge is 0.480 e. The fraction of sp³-hybridized carbons (Fsp3) is 0.643. The Kier molecular flexibility index (Phi) is 21.6. The zero-order chi connectivity index (χ0) is 40.3. The monoisotopic (exact) mass is 780 g/mol. The number of thiol groups is 2. The van der Waals surface area contributed by atoms with E-state index in [-0.39, 0.29) is 11.5 Å². The van der Waals surface area contributed by atoms with Gasteiger partial charge < -0.3 is 65.0 Å². The molecule has 0 heterocycles. The van der Waals surface area contributed by atoms with Crippen molar-refractivity contribution in [3.05, 3.63) is 0 Å². The van der Waals surface area contributed by atoms with Gasteiger partial charge in [-0.1, -0.05) is 20.3 Å². The Hall–Kier alpha value is -4.68. The molecule has 0 radical (unpaired) electrons. The number of primary amides is 3. The van der Waals surface area contributed by atoms with Gasteiger partial charge in [0.05, 0.1) is 25.5 Å². The van der Waals surface area contributed by atoms with Crippen molar-refractivity contribution < 1.29 is 58.2 Å². The van der Waals surface area contributed by atoms with Gasteiger partial charge in [-0.3, -0.25) is 43.2 Å². The number of carbonyl (C=O) groups excluding carboxylic acids is 9. The molecule has 22 nitrogen and oxygen atoms in total. The number of rotatable bonds is 25. The van der Waals surface area contributed by atoms with Crippen LogP contribution in [0.3, 0.4) is 0 Å². The summed E-state index contributed by atoms with van der Waals surface area (Å²) in [5.74, 6) is -11.9. The van der Waals surface area contributed by atoms with Gasteiger partial charge in [0.15, 0.2) is 0 Å². The number of carbonyl (C=O) groups is 10. The quantitative estimate of drug-likeness (QED) is 0.0384. The molecule has 0 saturated heterocycles. The number of carboxylic acids is 1. The Balaban J connectivity index is 6.21. The number of carboxylic acid groups (broad SMARTS) is 1. The number of aliphatic hydroxyl groups excluding tert-OH is 1. The van der Waals surface area contributed by atoms with Crippen molar-refractivity contribution in [1.29, 1.82) is 0 Å². The second kappa shape index (κ2) is 23.7. The van der Waals surface area contributed by atoms with E-state index in [1.54, 1.807) is 13.8 Å². The van der Waals surface area contributed by atoms with Crippen molar-refractivity contribution in [2.75, 3.05) is 18.1 Å². The maximum Gasteiger partial charge on any atom is 0.327 e. The summed E-state index contributed by atoms with van der Waals surface area (Å²) in [5.41, 5.74) is 21.2. The van der Waals surface area contributed by atoms with Gasteiger partial charge in [0.2, 0.25) is 53.2 Å². The summed E-state index contributed by atoms with van der Waals surface area (Å²) in [4.78, 5) is 124. The van der Waals surface area contributed by atoms with E-state index in [0.717, 1.165) is 0 Å². The van der Waals surface area contributed by atoms with Gasteiger partial charge in [0.1, 0.15) is 36.3 Å². The van der Waals surface area contributed by atoms with Crippen LogP contribution in [-0.4, -0.2) is 130 Å². The Morgan fingerprint density at radius 2 is 1.02 bits per heavy atom. The lowest BCUT2D eigenvalue weighted by Gasteiger charge is -2.28. The van der Waals surface area contributed by atoms with Crippen molar-refractivity contribution >= 4 is 84.4 Å². The summed E-state index contributed by atoms with van der Waals surface area (Å²) in [6, 6.07) is -10.9. The third-order valence-electron chi connectivity index (χ3n) is 7.33.